The SMILES string of the molecule is Cn1ccnc1.Fc1c[c-]c(-c2ccccn2)c(F)c1.Fc1c[c-]c(-c2ccccn2)c(F)c1.[Cl][Ir+2]. The molecule has 0 N–H and O–H groups in total. The van der Waals surface area contributed by atoms with Gasteiger partial charge in [0.05, 0.1) is 6.33 Å². The molecule has 5 aromatic rings. The average molecular weight is 690 g/mol. The average Bonchev–Trinajstić information content (AvgIpc) is 3.38. The van der Waals surface area contributed by atoms with Gasteiger partial charge in [-0.3, -0.25) is 17.6 Å². The Labute approximate surface area is 220 Å². The molecule has 3 aromatic heterocycles. The first-order chi connectivity index (χ1) is 17.4. The zero-order chi connectivity index (χ0) is 26.3. The maximum absolute atomic E-state index is 13.2. The zero-order valence-corrected chi connectivity index (χ0v) is 21.8. The van der Waals surface area contributed by atoms with E-state index < -0.39 is 23.3 Å². The normalized spacial score (nSPS) is 9.53. The van der Waals surface area contributed by atoms with Crippen molar-refractivity contribution in [3.63, 3.8) is 0 Å². The summed E-state index contributed by atoms with van der Waals surface area (Å²) in [6, 6.07) is 19.1. The summed E-state index contributed by atoms with van der Waals surface area (Å²) in [6.45, 7) is 0. The molecule has 0 aliphatic rings. The van der Waals surface area contributed by atoms with Crippen LogP contribution in [0.4, 0.5) is 17.6 Å². The van der Waals surface area contributed by atoms with E-state index in [-0.39, 0.29) is 11.1 Å². The molecule has 10 heteroatoms. The van der Waals surface area contributed by atoms with Crippen molar-refractivity contribution in [2.24, 2.45) is 7.05 Å². The molecule has 0 bridgehead atoms. The summed E-state index contributed by atoms with van der Waals surface area (Å²) in [4.78, 5) is 11.7. The standard InChI is InChI=1S/2C11H6F2N.C4H6N2.ClH.Ir/c2*12-8-4-5-9(10(13)7-8)11-3-1-2-6-14-11;1-6-3-2-5-4-6;;/h2*1-4,6-7H;2-4H,1H3;1H;/q2*-1;;;+3/p-1. The number of hydrogen-bond acceptors (Lipinski definition) is 3. The number of imidazole rings is 1. The van der Waals surface area contributed by atoms with Crippen molar-refractivity contribution in [1.82, 2.24) is 19.5 Å². The van der Waals surface area contributed by atoms with E-state index >= 15 is 0 Å². The van der Waals surface area contributed by atoms with E-state index in [1.54, 1.807) is 61.3 Å². The summed E-state index contributed by atoms with van der Waals surface area (Å²) in [7, 11) is 6.58. The van der Waals surface area contributed by atoms with Crippen LogP contribution in [0.5, 0.6) is 0 Å². The van der Waals surface area contributed by atoms with E-state index in [1.807, 2.05) is 17.8 Å². The second-order valence-corrected chi connectivity index (χ2v) is 6.74. The summed E-state index contributed by atoms with van der Waals surface area (Å²) in [5.41, 5.74) is 1.27. The van der Waals surface area contributed by atoms with Gasteiger partial charge in [0.1, 0.15) is 0 Å². The van der Waals surface area contributed by atoms with Crippen LogP contribution in [-0.4, -0.2) is 19.5 Å². The number of halogens is 5. The molecule has 0 fully saturated rings. The molecule has 186 valence electrons. The number of aryl methyl sites for hydroxylation is 1. The Morgan fingerprint density at radius 2 is 1.22 bits per heavy atom. The summed E-state index contributed by atoms with van der Waals surface area (Å²) in [6.07, 6.45) is 8.48. The third-order valence-electron chi connectivity index (χ3n) is 4.19. The molecule has 2 aromatic carbocycles. The number of hydrogen-bond donors (Lipinski definition) is 0. The van der Waals surface area contributed by atoms with E-state index in [9.17, 15) is 17.6 Å². The predicted octanol–water partition coefficient (Wildman–Crippen LogP) is 6.76. The van der Waals surface area contributed by atoms with Crippen LogP contribution in [0.15, 0.2) is 91.8 Å². The topological polar surface area (TPSA) is 43.6 Å². The molecule has 3 heterocycles. The van der Waals surface area contributed by atoms with Crippen LogP contribution >= 0.6 is 9.58 Å². The van der Waals surface area contributed by atoms with Crippen molar-refractivity contribution in [1.29, 1.82) is 0 Å². The van der Waals surface area contributed by atoms with Gasteiger partial charge in [-0.15, -0.1) is 24.3 Å². The number of pyridine rings is 2. The molecule has 0 aliphatic carbocycles. The van der Waals surface area contributed by atoms with Crippen molar-refractivity contribution in [3.05, 3.63) is 127 Å². The fraction of sp³-hybridized carbons (Fsp3) is 0.0385. The van der Waals surface area contributed by atoms with E-state index in [1.165, 1.54) is 17.9 Å². The Kier molecular flexibility index (Phi) is 12.5. The molecule has 4 nitrogen and oxygen atoms in total. The number of nitrogens with zero attached hydrogens (tertiary/aromatic N) is 4. The Hall–Kier alpha value is -3.39. The molecule has 0 unspecified atom stereocenters. The van der Waals surface area contributed by atoms with Crippen molar-refractivity contribution >= 4 is 9.58 Å². The minimum atomic E-state index is -0.649. The van der Waals surface area contributed by atoms with Crippen LogP contribution in [-0.2, 0) is 24.9 Å². The Balaban J connectivity index is 0.000000196. The molecule has 0 saturated heterocycles. The number of aromatic nitrogens is 4. The summed E-state index contributed by atoms with van der Waals surface area (Å²) < 4.78 is 53.5. The molecule has 5 rings (SSSR count). The first-order valence-corrected chi connectivity index (χ1v) is 13.0. The fourth-order valence-electron chi connectivity index (χ4n) is 2.63. The van der Waals surface area contributed by atoms with Gasteiger partial charge in [-0.2, -0.15) is 0 Å². The van der Waals surface area contributed by atoms with Gasteiger partial charge in [0.2, 0.25) is 0 Å². The molecule has 36 heavy (non-hydrogen) atoms. The van der Waals surface area contributed by atoms with Crippen LogP contribution in [0.2, 0.25) is 0 Å². The van der Waals surface area contributed by atoms with Crippen molar-refractivity contribution in [3.8, 4) is 22.5 Å². The molecular formula is C26H18ClF4IrN4. The van der Waals surface area contributed by atoms with Crippen molar-refractivity contribution in [2.45, 2.75) is 0 Å². The maximum atomic E-state index is 13.2. The summed E-state index contributed by atoms with van der Waals surface area (Å²) in [5.74, 6) is -2.57. The van der Waals surface area contributed by atoms with Gasteiger partial charge in [0, 0.05) is 55.1 Å². The van der Waals surface area contributed by atoms with Gasteiger partial charge in [0.15, 0.2) is 0 Å². The first-order valence-electron chi connectivity index (χ1n) is 10.0. The van der Waals surface area contributed by atoms with Gasteiger partial charge < -0.3 is 14.5 Å². The van der Waals surface area contributed by atoms with Crippen LogP contribution in [0.25, 0.3) is 22.5 Å². The van der Waals surface area contributed by atoms with Crippen LogP contribution in [0.1, 0.15) is 0 Å². The molecule has 0 aliphatic heterocycles. The Morgan fingerprint density at radius 1 is 0.750 bits per heavy atom. The first kappa shape index (κ1) is 28.8. The number of rotatable bonds is 2. The molecule has 0 atom stereocenters. The van der Waals surface area contributed by atoms with E-state index in [2.05, 4.69) is 36.7 Å². The third kappa shape index (κ3) is 9.34. The van der Waals surface area contributed by atoms with Gasteiger partial charge in [-0.25, -0.2) is 4.98 Å². The van der Waals surface area contributed by atoms with E-state index in [0.29, 0.717) is 11.4 Å². The predicted molar refractivity (Wildman–Crippen MR) is 126 cm³/mol. The third-order valence-corrected chi connectivity index (χ3v) is 4.19. The quantitative estimate of drug-likeness (QED) is 0.152. The summed E-state index contributed by atoms with van der Waals surface area (Å²) >= 11 is 1.47. The van der Waals surface area contributed by atoms with Gasteiger partial charge >= 0.3 is 27.5 Å². The van der Waals surface area contributed by atoms with Crippen LogP contribution in [0, 0.1) is 35.4 Å². The molecule has 0 amide bonds. The monoisotopic (exact) mass is 690 g/mol. The molecule has 0 saturated carbocycles. The molecule has 0 radical (unpaired) electrons. The second kappa shape index (κ2) is 15.6. The van der Waals surface area contributed by atoms with E-state index in [0.717, 1.165) is 24.3 Å². The van der Waals surface area contributed by atoms with Gasteiger partial charge in [-0.1, -0.05) is 47.5 Å². The van der Waals surface area contributed by atoms with E-state index in [4.69, 9.17) is 0 Å². The molecule has 0 spiro atoms. The fourth-order valence-corrected chi connectivity index (χ4v) is 2.63. The number of benzene rings is 2. The van der Waals surface area contributed by atoms with Crippen molar-refractivity contribution in [2.75, 3.05) is 0 Å². The molecular weight excluding hydrogens is 672 g/mol. The van der Waals surface area contributed by atoms with Crippen LogP contribution < -0.4 is 0 Å². The van der Waals surface area contributed by atoms with Gasteiger partial charge in [0.25, 0.3) is 0 Å². The zero-order valence-electron chi connectivity index (χ0n) is 18.7. The summed E-state index contributed by atoms with van der Waals surface area (Å²) in [5, 5.41) is 0. The van der Waals surface area contributed by atoms with Crippen LogP contribution in [0.3, 0.4) is 0 Å². The Morgan fingerprint density at radius 3 is 1.50 bits per heavy atom. The minimum absolute atomic E-state index is 0.187. The van der Waals surface area contributed by atoms with Crippen molar-refractivity contribution < 1.29 is 35.5 Å². The second-order valence-electron chi connectivity index (χ2n) is 6.74. The van der Waals surface area contributed by atoms with Gasteiger partial charge in [-0.05, 0) is 23.5 Å². The Bertz CT molecular complexity index is 1220.